The molecule has 1 amide bonds. The molecule has 0 aromatic carbocycles. The lowest BCUT2D eigenvalue weighted by Crippen LogP contribution is -2.44. The maximum atomic E-state index is 11.7. The van der Waals surface area contributed by atoms with Crippen LogP contribution in [-0.4, -0.2) is 53.3 Å². The second-order valence-corrected chi connectivity index (χ2v) is 6.23. The van der Waals surface area contributed by atoms with Gasteiger partial charge in [0.2, 0.25) is 5.91 Å². The first-order valence-electron chi connectivity index (χ1n) is 7.98. The maximum Gasteiger partial charge on any atom is 0.225 e. The summed E-state index contributed by atoms with van der Waals surface area (Å²) in [6.07, 6.45) is 2.60. The van der Waals surface area contributed by atoms with Gasteiger partial charge in [-0.1, -0.05) is 27.7 Å². The van der Waals surface area contributed by atoms with Gasteiger partial charge in [-0.15, -0.1) is 10.2 Å². The Morgan fingerprint density at radius 3 is 2.48 bits per heavy atom. The summed E-state index contributed by atoms with van der Waals surface area (Å²) in [5.74, 6) is 1.72. The summed E-state index contributed by atoms with van der Waals surface area (Å²) in [6.45, 7) is 10.4. The molecule has 0 spiro atoms. The molecule has 8 heteroatoms. The lowest BCUT2D eigenvalue weighted by molar-refractivity contribution is -0.128. The SMILES string of the molecule is CCc1nncn1CCNC(=NC)NCCNC(=O)C(C)(C)C. The van der Waals surface area contributed by atoms with Gasteiger partial charge in [0, 0.05) is 45.1 Å². The van der Waals surface area contributed by atoms with E-state index in [1.807, 2.05) is 25.3 Å². The molecule has 0 fully saturated rings. The smallest absolute Gasteiger partial charge is 0.225 e. The van der Waals surface area contributed by atoms with E-state index in [1.165, 1.54) is 0 Å². The van der Waals surface area contributed by atoms with Gasteiger partial charge in [-0.25, -0.2) is 0 Å². The quantitative estimate of drug-likeness (QED) is 0.378. The molecule has 0 bridgehead atoms. The van der Waals surface area contributed by atoms with Crippen LogP contribution in [0.1, 0.15) is 33.5 Å². The maximum absolute atomic E-state index is 11.7. The fourth-order valence-corrected chi connectivity index (χ4v) is 1.88. The van der Waals surface area contributed by atoms with Crippen molar-refractivity contribution in [3.63, 3.8) is 0 Å². The van der Waals surface area contributed by atoms with E-state index in [0.717, 1.165) is 25.3 Å². The molecular formula is C15H29N7O. The number of aromatic nitrogens is 3. The van der Waals surface area contributed by atoms with Crippen molar-refractivity contribution in [2.24, 2.45) is 10.4 Å². The van der Waals surface area contributed by atoms with Gasteiger partial charge in [0.05, 0.1) is 0 Å². The number of nitrogens with zero attached hydrogens (tertiary/aromatic N) is 4. The summed E-state index contributed by atoms with van der Waals surface area (Å²) >= 11 is 0. The first kappa shape index (κ1) is 18.9. The second kappa shape index (κ2) is 9.12. The highest BCUT2D eigenvalue weighted by Crippen LogP contribution is 2.11. The zero-order chi connectivity index (χ0) is 17.3. The zero-order valence-electron chi connectivity index (χ0n) is 14.8. The molecule has 0 saturated heterocycles. The number of amides is 1. The molecule has 130 valence electrons. The van der Waals surface area contributed by atoms with Crippen LogP contribution in [-0.2, 0) is 17.8 Å². The standard InChI is InChI=1S/C15H29N7O/c1-6-12-21-20-11-22(12)10-9-19-14(16-5)18-8-7-17-13(23)15(2,3)4/h11H,6-10H2,1-5H3,(H,17,23)(H2,16,18,19). The second-order valence-electron chi connectivity index (χ2n) is 6.23. The molecule has 0 unspecified atom stereocenters. The van der Waals surface area contributed by atoms with Crippen LogP contribution in [0.25, 0.3) is 0 Å². The summed E-state index contributed by atoms with van der Waals surface area (Å²) in [4.78, 5) is 15.9. The highest BCUT2D eigenvalue weighted by atomic mass is 16.2. The Balaban J connectivity index is 2.24. The van der Waals surface area contributed by atoms with Gasteiger partial charge in [0.15, 0.2) is 5.96 Å². The molecule has 1 heterocycles. The van der Waals surface area contributed by atoms with E-state index in [0.29, 0.717) is 19.0 Å². The lowest BCUT2D eigenvalue weighted by Gasteiger charge is -2.18. The summed E-state index contributed by atoms with van der Waals surface area (Å²) in [6, 6.07) is 0. The van der Waals surface area contributed by atoms with E-state index in [1.54, 1.807) is 13.4 Å². The molecule has 0 aliphatic heterocycles. The van der Waals surface area contributed by atoms with Crippen molar-refractivity contribution in [1.82, 2.24) is 30.7 Å². The number of hydrogen-bond donors (Lipinski definition) is 3. The van der Waals surface area contributed by atoms with Crippen LogP contribution in [0, 0.1) is 5.41 Å². The fraction of sp³-hybridized carbons (Fsp3) is 0.733. The van der Waals surface area contributed by atoms with Crippen molar-refractivity contribution >= 4 is 11.9 Å². The van der Waals surface area contributed by atoms with Crippen LogP contribution in [0.5, 0.6) is 0 Å². The van der Waals surface area contributed by atoms with Crippen LogP contribution in [0.2, 0.25) is 0 Å². The van der Waals surface area contributed by atoms with Crippen LogP contribution in [0.3, 0.4) is 0 Å². The van der Waals surface area contributed by atoms with E-state index < -0.39 is 0 Å². The molecule has 1 aromatic heterocycles. The van der Waals surface area contributed by atoms with E-state index >= 15 is 0 Å². The number of hydrogen-bond acceptors (Lipinski definition) is 4. The fourth-order valence-electron chi connectivity index (χ4n) is 1.88. The Morgan fingerprint density at radius 1 is 1.22 bits per heavy atom. The third-order valence-electron chi connectivity index (χ3n) is 3.26. The summed E-state index contributed by atoms with van der Waals surface area (Å²) < 4.78 is 2.02. The molecule has 3 N–H and O–H groups in total. The molecule has 8 nitrogen and oxygen atoms in total. The Hall–Kier alpha value is -2.12. The predicted molar refractivity (Wildman–Crippen MR) is 91.2 cm³/mol. The van der Waals surface area contributed by atoms with Gasteiger partial charge in [-0.2, -0.15) is 0 Å². The molecule has 0 radical (unpaired) electrons. The summed E-state index contributed by atoms with van der Waals surface area (Å²) in [7, 11) is 1.72. The molecule has 1 aromatic rings. The predicted octanol–water partition coefficient (Wildman–Crippen LogP) is 0.168. The van der Waals surface area contributed by atoms with Crippen molar-refractivity contribution in [1.29, 1.82) is 0 Å². The van der Waals surface area contributed by atoms with E-state index in [4.69, 9.17) is 0 Å². The molecule has 0 aliphatic rings. The third-order valence-corrected chi connectivity index (χ3v) is 3.26. The average molecular weight is 323 g/mol. The van der Waals surface area contributed by atoms with Crippen LogP contribution in [0.15, 0.2) is 11.3 Å². The molecular weight excluding hydrogens is 294 g/mol. The van der Waals surface area contributed by atoms with Crippen molar-refractivity contribution in [2.45, 2.75) is 40.7 Å². The van der Waals surface area contributed by atoms with Gasteiger partial charge in [0.1, 0.15) is 12.2 Å². The number of aryl methyl sites for hydroxylation is 1. The average Bonchev–Trinajstić information content (AvgIpc) is 2.95. The highest BCUT2D eigenvalue weighted by Gasteiger charge is 2.20. The van der Waals surface area contributed by atoms with Crippen LogP contribution >= 0.6 is 0 Å². The minimum Gasteiger partial charge on any atom is -0.355 e. The van der Waals surface area contributed by atoms with Crippen LogP contribution < -0.4 is 16.0 Å². The summed E-state index contributed by atoms with van der Waals surface area (Å²) in [5.41, 5.74) is -0.365. The number of carbonyl (C=O) groups is 1. The highest BCUT2D eigenvalue weighted by molar-refractivity contribution is 5.81. The molecule has 0 saturated carbocycles. The normalized spacial score (nSPS) is 12.1. The Bertz CT molecular complexity index is 516. The Labute approximate surface area is 138 Å². The number of guanidine groups is 1. The third kappa shape index (κ3) is 6.66. The van der Waals surface area contributed by atoms with Gasteiger partial charge in [-0.05, 0) is 0 Å². The monoisotopic (exact) mass is 323 g/mol. The topological polar surface area (TPSA) is 96.2 Å². The zero-order valence-corrected chi connectivity index (χ0v) is 14.8. The number of rotatable bonds is 7. The lowest BCUT2D eigenvalue weighted by atomic mass is 9.96. The van der Waals surface area contributed by atoms with E-state index in [9.17, 15) is 4.79 Å². The van der Waals surface area contributed by atoms with E-state index in [2.05, 4.69) is 38.1 Å². The van der Waals surface area contributed by atoms with Gasteiger partial charge in [-0.3, -0.25) is 9.79 Å². The number of carbonyl (C=O) groups excluding carboxylic acids is 1. The van der Waals surface area contributed by atoms with E-state index in [-0.39, 0.29) is 11.3 Å². The minimum absolute atomic E-state index is 0.0435. The molecule has 0 atom stereocenters. The van der Waals surface area contributed by atoms with Gasteiger partial charge in [0.25, 0.3) is 0 Å². The minimum atomic E-state index is -0.365. The van der Waals surface area contributed by atoms with Crippen molar-refractivity contribution in [3.05, 3.63) is 12.2 Å². The number of nitrogens with one attached hydrogen (secondary N) is 3. The Morgan fingerprint density at radius 2 is 1.87 bits per heavy atom. The largest absolute Gasteiger partial charge is 0.355 e. The van der Waals surface area contributed by atoms with Crippen molar-refractivity contribution in [2.75, 3.05) is 26.7 Å². The Kier molecular flexibility index (Phi) is 7.50. The molecule has 1 rings (SSSR count). The molecule has 0 aliphatic carbocycles. The van der Waals surface area contributed by atoms with Crippen molar-refractivity contribution in [3.8, 4) is 0 Å². The molecule has 23 heavy (non-hydrogen) atoms. The van der Waals surface area contributed by atoms with Crippen molar-refractivity contribution < 1.29 is 4.79 Å². The van der Waals surface area contributed by atoms with Crippen LogP contribution in [0.4, 0.5) is 0 Å². The number of aliphatic imine (C=N–C) groups is 1. The van der Waals surface area contributed by atoms with Gasteiger partial charge >= 0.3 is 0 Å². The van der Waals surface area contributed by atoms with Gasteiger partial charge < -0.3 is 20.5 Å². The first-order valence-corrected chi connectivity index (χ1v) is 7.98. The summed E-state index contributed by atoms with van der Waals surface area (Å²) in [5, 5.41) is 17.2. The first-order chi connectivity index (χ1) is 10.9.